The molecule has 0 saturated carbocycles. The van der Waals surface area contributed by atoms with Crippen molar-refractivity contribution in [3.8, 4) is 0 Å². The number of ether oxygens (including phenoxy) is 1. The molecule has 1 rings (SSSR count). The summed E-state index contributed by atoms with van der Waals surface area (Å²) in [6.45, 7) is 4.06. The Balaban J connectivity index is 3.07. The van der Waals surface area contributed by atoms with Crippen LogP contribution in [-0.4, -0.2) is 18.9 Å². The van der Waals surface area contributed by atoms with Crippen LogP contribution in [0.25, 0.3) is 0 Å². The summed E-state index contributed by atoms with van der Waals surface area (Å²) in [4.78, 5) is 22.1. The van der Waals surface area contributed by atoms with Gasteiger partial charge in [-0.3, -0.25) is 4.79 Å². The Labute approximate surface area is 89.1 Å². The van der Waals surface area contributed by atoms with E-state index in [-0.39, 0.29) is 5.97 Å². The molecule has 0 amide bonds. The molecule has 0 radical (unpaired) electrons. The first-order valence-electron chi connectivity index (χ1n) is 4.98. The van der Waals surface area contributed by atoms with Gasteiger partial charge in [0, 0.05) is 5.56 Å². The fourth-order valence-corrected chi connectivity index (χ4v) is 1.39. The summed E-state index contributed by atoms with van der Waals surface area (Å²) in [6, 6.07) is 4.98. The third-order valence-corrected chi connectivity index (χ3v) is 2.14. The molecule has 15 heavy (non-hydrogen) atoms. The van der Waals surface area contributed by atoms with Gasteiger partial charge in [0.25, 0.3) is 0 Å². The van der Waals surface area contributed by atoms with Gasteiger partial charge in [-0.15, -0.1) is 0 Å². The maximum atomic E-state index is 11.5. The maximum absolute atomic E-state index is 11.5. The van der Waals surface area contributed by atoms with Crippen LogP contribution in [0.2, 0.25) is 0 Å². The molecule has 80 valence electrons. The Bertz CT molecular complexity index is 369. The molecule has 1 aromatic carbocycles. The van der Waals surface area contributed by atoms with Gasteiger partial charge in [-0.05, 0) is 31.0 Å². The molecule has 0 aromatic heterocycles. The Kier molecular flexibility index (Phi) is 4.03. The second-order valence-electron chi connectivity index (χ2n) is 3.11. The highest BCUT2D eigenvalue weighted by Gasteiger charge is 2.11. The van der Waals surface area contributed by atoms with Crippen molar-refractivity contribution in [2.45, 2.75) is 20.3 Å². The summed E-state index contributed by atoms with van der Waals surface area (Å²) in [5, 5.41) is 0. The summed E-state index contributed by atoms with van der Waals surface area (Å²) in [7, 11) is 0. The Hall–Kier alpha value is -1.64. The molecule has 0 N–H and O–H groups in total. The lowest BCUT2D eigenvalue weighted by atomic mass is 10.0. The first kappa shape index (κ1) is 11.4. The highest BCUT2D eigenvalue weighted by molar-refractivity contribution is 5.92. The minimum Gasteiger partial charge on any atom is -0.462 e. The number of aldehydes is 1. The molecule has 3 nitrogen and oxygen atoms in total. The van der Waals surface area contributed by atoms with E-state index in [2.05, 4.69) is 0 Å². The van der Waals surface area contributed by atoms with Crippen LogP contribution in [0.15, 0.2) is 18.2 Å². The first-order chi connectivity index (χ1) is 7.22. The predicted octanol–water partition coefficient (Wildman–Crippen LogP) is 2.24. The molecule has 1 aromatic rings. The number of carbonyl (C=O) groups is 2. The maximum Gasteiger partial charge on any atom is 0.338 e. The van der Waals surface area contributed by atoms with Crippen molar-refractivity contribution >= 4 is 12.3 Å². The van der Waals surface area contributed by atoms with Gasteiger partial charge in [0.2, 0.25) is 0 Å². The largest absolute Gasteiger partial charge is 0.462 e. The van der Waals surface area contributed by atoms with Gasteiger partial charge < -0.3 is 4.74 Å². The second kappa shape index (κ2) is 5.29. The number of aryl methyl sites for hydroxylation is 1. The lowest BCUT2D eigenvalue weighted by Gasteiger charge is -2.07. The lowest BCUT2D eigenvalue weighted by Crippen LogP contribution is -2.08. The standard InChI is InChI=1S/C12H14O3/c1-3-10-7-9(8-13)5-6-11(10)12(14)15-4-2/h5-8H,3-4H2,1-2H3. The van der Waals surface area contributed by atoms with E-state index >= 15 is 0 Å². The molecule has 0 saturated heterocycles. The highest BCUT2D eigenvalue weighted by atomic mass is 16.5. The monoisotopic (exact) mass is 206 g/mol. The average molecular weight is 206 g/mol. The molecule has 0 aliphatic heterocycles. The number of carbonyl (C=O) groups excluding carboxylic acids is 2. The number of benzene rings is 1. The van der Waals surface area contributed by atoms with E-state index in [0.29, 0.717) is 24.2 Å². The van der Waals surface area contributed by atoms with Crippen molar-refractivity contribution in [2.24, 2.45) is 0 Å². The Morgan fingerprint density at radius 2 is 2.13 bits per heavy atom. The van der Waals surface area contributed by atoms with Crippen LogP contribution < -0.4 is 0 Å². The predicted molar refractivity (Wildman–Crippen MR) is 57.2 cm³/mol. The minimum atomic E-state index is -0.327. The minimum absolute atomic E-state index is 0.327. The zero-order chi connectivity index (χ0) is 11.3. The van der Waals surface area contributed by atoms with Gasteiger partial charge in [0.1, 0.15) is 6.29 Å². The average Bonchev–Trinajstić information content (AvgIpc) is 2.28. The highest BCUT2D eigenvalue weighted by Crippen LogP contribution is 2.13. The molecule has 3 heteroatoms. The third kappa shape index (κ3) is 2.65. The van der Waals surface area contributed by atoms with Gasteiger partial charge in [0.15, 0.2) is 0 Å². The number of rotatable bonds is 4. The van der Waals surface area contributed by atoms with E-state index in [1.807, 2.05) is 6.92 Å². The summed E-state index contributed by atoms with van der Waals surface area (Å²) in [5.41, 5.74) is 1.97. The van der Waals surface area contributed by atoms with Crippen molar-refractivity contribution in [3.63, 3.8) is 0 Å². The van der Waals surface area contributed by atoms with E-state index in [9.17, 15) is 9.59 Å². The second-order valence-corrected chi connectivity index (χ2v) is 3.11. The molecule has 0 spiro atoms. The molecule has 0 atom stereocenters. The Morgan fingerprint density at radius 3 is 2.67 bits per heavy atom. The van der Waals surface area contributed by atoms with E-state index in [1.165, 1.54) is 0 Å². The normalized spacial score (nSPS) is 9.73. The smallest absolute Gasteiger partial charge is 0.338 e. The number of hydrogen-bond donors (Lipinski definition) is 0. The molecule has 0 fully saturated rings. The number of hydrogen-bond acceptors (Lipinski definition) is 3. The number of esters is 1. The van der Waals surface area contributed by atoms with Crippen molar-refractivity contribution in [2.75, 3.05) is 6.61 Å². The van der Waals surface area contributed by atoms with E-state index < -0.39 is 0 Å². The summed E-state index contributed by atoms with van der Waals surface area (Å²) in [5.74, 6) is -0.327. The van der Waals surface area contributed by atoms with Gasteiger partial charge in [0.05, 0.1) is 12.2 Å². The molecule has 0 unspecified atom stereocenters. The van der Waals surface area contributed by atoms with Crippen LogP contribution >= 0.6 is 0 Å². The van der Waals surface area contributed by atoms with Crippen LogP contribution in [0, 0.1) is 0 Å². The van der Waals surface area contributed by atoms with Gasteiger partial charge >= 0.3 is 5.97 Å². The van der Waals surface area contributed by atoms with E-state index in [4.69, 9.17) is 4.74 Å². The third-order valence-electron chi connectivity index (χ3n) is 2.14. The van der Waals surface area contributed by atoms with Crippen molar-refractivity contribution in [1.29, 1.82) is 0 Å². The van der Waals surface area contributed by atoms with Gasteiger partial charge in [-0.2, -0.15) is 0 Å². The SMILES string of the molecule is CCOC(=O)c1ccc(C=O)cc1CC. The zero-order valence-electron chi connectivity index (χ0n) is 8.95. The zero-order valence-corrected chi connectivity index (χ0v) is 8.95. The van der Waals surface area contributed by atoms with Gasteiger partial charge in [-0.25, -0.2) is 4.79 Å². The van der Waals surface area contributed by atoms with Crippen LogP contribution in [0.4, 0.5) is 0 Å². The summed E-state index contributed by atoms with van der Waals surface area (Å²) >= 11 is 0. The fourth-order valence-electron chi connectivity index (χ4n) is 1.39. The summed E-state index contributed by atoms with van der Waals surface area (Å²) in [6.07, 6.45) is 1.48. The fraction of sp³-hybridized carbons (Fsp3) is 0.333. The van der Waals surface area contributed by atoms with E-state index in [1.54, 1.807) is 25.1 Å². The van der Waals surface area contributed by atoms with Gasteiger partial charge in [-0.1, -0.05) is 13.0 Å². The molecule has 0 heterocycles. The van der Waals surface area contributed by atoms with Crippen molar-refractivity contribution in [1.82, 2.24) is 0 Å². The molecule has 0 aliphatic carbocycles. The molecule has 0 aliphatic rings. The van der Waals surface area contributed by atoms with Crippen LogP contribution in [0.3, 0.4) is 0 Å². The van der Waals surface area contributed by atoms with Crippen molar-refractivity contribution < 1.29 is 14.3 Å². The quantitative estimate of drug-likeness (QED) is 0.560. The summed E-state index contributed by atoms with van der Waals surface area (Å²) < 4.78 is 4.92. The topological polar surface area (TPSA) is 43.4 Å². The van der Waals surface area contributed by atoms with Crippen LogP contribution in [-0.2, 0) is 11.2 Å². The molecular formula is C12H14O3. The molecular weight excluding hydrogens is 192 g/mol. The van der Waals surface area contributed by atoms with Crippen LogP contribution in [0.1, 0.15) is 40.1 Å². The van der Waals surface area contributed by atoms with E-state index in [0.717, 1.165) is 11.8 Å². The van der Waals surface area contributed by atoms with Crippen LogP contribution in [0.5, 0.6) is 0 Å². The van der Waals surface area contributed by atoms with Crippen molar-refractivity contribution in [3.05, 3.63) is 34.9 Å². The molecule has 0 bridgehead atoms. The lowest BCUT2D eigenvalue weighted by molar-refractivity contribution is 0.0525. The first-order valence-corrected chi connectivity index (χ1v) is 4.98. The Morgan fingerprint density at radius 1 is 1.40 bits per heavy atom.